The minimum absolute atomic E-state index is 0.190. The molecule has 0 bridgehead atoms. The Morgan fingerprint density at radius 2 is 2.04 bits per heavy atom. The van der Waals surface area contributed by atoms with E-state index in [0.29, 0.717) is 5.95 Å². The van der Waals surface area contributed by atoms with Gasteiger partial charge in [-0.3, -0.25) is 9.78 Å². The fraction of sp³-hybridized carbons (Fsp3) is 0.375. The van der Waals surface area contributed by atoms with E-state index in [9.17, 15) is 9.18 Å². The first-order valence-electron chi connectivity index (χ1n) is 7.60. The first-order valence-corrected chi connectivity index (χ1v) is 7.60. The van der Waals surface area contributed by atoms with Crippen molar-refractivity contribution in [2.24, 2.45) is 0 Å². The molecule has 1 saturated heterocycles. The van der Waals surface area contributed by atoms with Crippen LogP contribution in [0.25, 0.3) is 0 Å². The number of carbonyl (C=O) groups excluding carboxylic acids is 1. The fourth-order valence-corrected chi connectivity index (χ4v) is 2.57. The van der Waals surface area contributed by atoms with E-state index in [1.807, 2.05) is 13.0 Å². The molecule has 2 aromatic heterocycles. The number of amides is 1. The first-order chi connectivity index (χ1) is 11.1. The van der Waals surface area contributed by atoms with Gasteiger partial charge in [0.05, 0.1) is 24.0 Å². The third-order valence-electron chi connectivity index (χ3n) is 3.68. The van der Waals surface area contributed by atoms with Crippen molar-refractivity contribution in [2.45, 2.75) is 26.3 Å². The number of halogens is 1. The van der Waals surface area contributed by atoms with Crippen LogP contribution < -0.4 is 10.2 Å². The molecule has 23 heavy (non-hydrogen) atoms. The predicted octanol–water partition coefficient (Wildman–Crippen LogP) is 1.85. The number of aromatic nitrogens is 3. The van der Waals surface area contributed by atoms with Gasteiger partial charge in [0.1, 0.15) is 5.82 Å². The van der Waals surface area contributed by atoms with Crippen LogP contribution in [-0.2, 0) is 6.54 Å². The van der Waals surface area contributed by atoms with Gasteiger partial charge in [0.15, 0.2) is 0 Å². The minimum atomic E-state index is -0.535. The van der Waals surface area contributed by atoms with Gasteiger partial charge in [0, 0.05) is 25.0 Å². The molecule has 0 unspecified atom stereocenters. The number of hydrogen-bond donors (Lipinski definition) is 1. The highest BCUT2D eigenvalue weighted by molar-refractivity contribution is 5.93. The lowest BCUT2D eigenvalue weighted by atomic mass is 10.2. The highest BCUT2D eigenvalue weighted by Gasteiger charge is 2.16. The largest absolute Gasteiger partial charge is 0.346 e. The van der Waals surface area contributed by atoms with Crippen molar-refractivity contribution in [2.75, 3.05) is 18.0 Å². The van der Waals surface area contributed by atoms with Crippen molar-refractivity contribution in [1.29, 1.82) is 0 Å². The number of carbonyl (C=O) groups is 1. The van der Waals surface area contributed by atoms with Crippen LogP contribution in [0, 0.1) is 12.7 Å². The van der Waals surface area contributed by atoms with E-state index < -0.39 is 5.82 Å². The number of hydrogen-bond acceptors (Lipinski definition) is 5. The van der Waals surface area contributed by atoms with Crippen molar-refractivity contribution in [1.82, 2.24) is 20.3 Å². The molecule has 0 radical (unpaired) electrons. The first kappa shape index (κ1) is 15.3. The molecule has 6 nitrogen and oxygen atoms in total. The lowest BCUT2D eigenvalue weighted by Crippen LogP contribution is -2.25. The van der Waals surface area contributed by atoms with Gasteiger partial charge in [-0.2, -0.15) is 0 Å². The Morgan fingerprint density at radius 3 is 2.78 bits per heavy atom. The second kappa shape index (κ2) is 6.68. The summed E-state index contributed by atoms with van der Waals surface area (Å²) in [7, 11) is 0. The topological polar surface area (TPSA) is 71.0 Å². The maximum Gasteiger partial charge on any atom is 0.253 e. The predicted molar refractivity (Wildman–Crippen MR) is 83.6 cm³/mol. The maximum atomic E-state index is 13.1. The van der Waals surface area contributed by atoms with Crippen molar-refractivity contribution in [3.8, 4) is 0 Å². The van der Waals surface area contributed by atoms with Gasteiger partial charge in [0.25, 0.3) is 5.91 Å². The third-order valence-corrected chi connectivity index (χ3v) is 3.68. The number of anilines is 1. The van der Waals surface area contributed by atoms with E-state index >= 15 is 0 Å². The van der Waals surface area contributed by atoms with E-state index in [2.05, 4.69) is 25.2 Å². The summed E-state index contributed by atoms with van der Waals surface area (Å²) in [5.41, 5.74) is 1.78. The molecule has 0 atom stereocenters. The Bertz CT molecular complexity index is 715. The summed E-state index contributed by atoms with van der Waals surface area (Å²) >= 11 is 0. The molecule has 1 amide bonds. The molecular weight excluding hydrogens is 297 g/mol. The van der Waals surface area contributed by atoms with Crippen LogP contribution in [0.15, 0.2) is 24.5 Å². The number of nitrogens with one attached hydrogen (secondary N) is 1. The Kier molecular flexibility index (Phi) is 4.45. The Hall–Kier alpha value is -2.57. The summed E-state index contributed by atoms with van der Waals surface area (Å²) in [6.07, 6.45) is 4.69. The molecule has 2 aromatic rings. The van der Waals surface area contributed by atoms with Crippen molar-refractivity contribution < 1.29 is 9.18 Å². The van der Waals surface area contributed by atoms with E-state index in [4.69, 9.17) is 0 Å². The number of rotatable bonds is 4. The summed E-state index contributed by atoms with van der Waals surface area (Å²) < 4.78 is 13.1. The molecule has 1 fully saturated rings. The lowest BCUT2D eigenvalue weighted by molar-refractivity contribution is 0.0949. The van der Waals surface area contributed by atoms with Gasteiger partial charge in [-0.1, -0.05) is 0 Å². The SMILES string of the molecule is Cc1cc(CNC(=O)c2cncc(F)c2)nc(N2CCCC2)n1. The van der Waals surface area contributed by atoms with Crippen LogP contribution in [0.1, 0.15) is 34.6 Å². The molecule has 3 heterocycles. The Balaban J connectivity index is 1.69. The van der Waals surface area contributed by atoms with Crippen LogP contribution in [0.2, 0.25) is 0 Å². The average molecular weight is 315 g/mol. The van der Waals surface area contributed by atoms with Gasteiger partial charge >= 0.3 is 0 Å². The van der Waals surface area contributed by atoms with Crippen LogP contribution in [0.4, 0.5) is 10.3 Å². The molecule has 0 aliphatic carbocycles. The van der Waals surface area contributed by atoms with Crippen molar-refractivity contribution >= 4 is 11.9 Å². The molecule has 1 aliphatic rings. The van der Waals surface area contributed by atoms with E-state index in [0.717, 1.165) is 49.6 Å². The molecule has 7 heteroatoms. The van der Waals surface area contributed by atoms with Crippen molar-refractivity contribution in [3.05, 3.63) is 47.3 Å². The maximum absolute atomic E-state index is 13.1. The van der Waals surface area contributed by atoms with Crippen LogP contribution in [-0.4, -0.2) is 33.9 Å². The number of aryl methyl sites for hydroxylation is 1. The van der Waals surface area contributed by atoms with Gasteiger partial charge in [0.2, 0.25) is 5.95 Å². The third kappa shape index (κ3) is 3.80. The second-order valence-corrected chi connectivity index (χ2v) is 5.57. The van der Waals surface area contributed by atoms with E-state index in [1.54, 1.807) is 0 Å². The monoisotopic (exact) mass is 315 g/mol. The normalized spacial score (nSPS) is 14.1. The quantitative estimate of drug-likeness (QED) is 0.932. The summed E-state index contributed by atoms with van der Waals surface area (Å²) in [5, 5.41) is 2.73. The van der Waals surface area contributed by atoms with E-state index in [1.165, 1.54) is 6.20 Å². The molecule has 0 saturated carbocycles. The molecule has 0 aromatic carbocycles. The molecule has 1 N–H and O–H groups in total. The fourth-order valence-electron chi connectivity index (χ4n) is 2.57. The molecule has 0 spiro atoms. The average Bonchev–Trinajstić information content (AvgIpc) is 3.06. The van der Waals surface area contributed by atoms with Crippen LogP contribution >= 0.6 is 0 Å². The Labute approximate surface area is 133 Å². The summed E-state index contributed by atoms with van der Waals surface area (Å²) in [6.45, 7) is 4.09. The molecule has 3 rings (SSSR count). The summed E-state index contributed by atoms with van der Waals surface area (Å²) in [6, 6.07) is 2.99. The second-order valence-electron chi connectivity index (χ2n) is 5.57. The van der Waals surface area contributed by atoms with Gasteiger partial charge in [-0.25, -0.2) is 14.4 Å². The van der Waals surface area contributed by atoms with Crippen LogP contribution in [0.5, 0.6) is 0 Å². The highest BCUT2D eigenvalue weighted by atomic mass is 19.1. The lowest BCUT2D eigenvalue weighted by Gasteiger charge is -2.16. The summed E-state index contributed by atoms with van der Waals surface area (Å²) in [5.74, 6) is -0.206. The van der Waals surface area contributed by atoms with E-state index in [-0.39, 0.29) is 18.0 Å². The van der Waals surface area contributed by atoms with Gasteiger partial charge in [-0.05, 0) is 31.9 Å². The molecule has 120 valence electrons. The van der Waals surface area contributed by atoms with Crippen molar-refractivity contribution in [3.63, 3.8) is 0 Å². The highest BCUT2D eigenvalue weighted by Crippen LogP contribution is 2.16. The van der Waals surface area contributed by atoms with Crippen LogP contribution in [0.3, 0.4) is 0 Å². The number of pyridine rings is 1. The molecular formula is C16H18FN5O. The standard InChI is InChI=1S/C16H18FN5O/c1-11-6-14(21-16(20-11)22-4-2-3-5-22)10-19-15(23)12-7-13(17)9-18-8-12/h6-9H,2-5,10H2,1H3,(H,19,23). The zero-order valence-corrected chi connectivity index (χ0v) is 12.9. The molecule has 1 aliphatic heterocycles. The number of nitrogens with zero attached hydrogens (tertiary/aromatic N) is 4. The Morgan fingerprint density at radius 1 is 1.26 bits per heavy atom. The summed E-state index contributed by atoms with van der Waals surface area (Å²) in [4.78, 5) is 26.8. The smallest absolute Gasteiger partial charge is 0.253 e. The van der Waals surface area contributed by atoms with Gasteiger partial charge in [-0.15, -0.1) is 0 Å². The van der Waals surface area contributed by atoms with Gasteiger partial charge < -0.3 is 10.2 Å². The minimum Gasteiger partial charge on any atom is -0.346 e. The zero-order chi connectivity index (χ0) is 16.2. The zero-order valence-electron chi connectivity index (χ0n) is 12.9.